The Labute approximate surface area is 123 Å². The van der Waals surface area contributed by atoms with Gasteiger partial charge in [-0.3, -0.25) is 0 Å². The van der Waals surface area contributed by atoms with Crippen molar-refractivity contribution in [1.82, 2.24) is 0 Å². The van der Waals surface area contributed by atoms with Crippen LogP contribution in [0.2, 0.25) is 0 Å². The summed E-state index contributed by atoms with van der Waals surface area (Å²) >= 11 is 0. The fraction of sp³-hybridized carbons (Fsp3) is 0. The molecule has 0 radical (unpaired) electrons. The number of fused-ring (bicyclic) bond motifs is 4. The minimum atomic E-state index is -0.612. The van der Waals surface area contributed by atoms with Gasteiger partial charge in [0.1, 0.15) is 11.2 Å². The average molecular weight is 288 g/mol. The number of cyclic esters (lactones) is 2. The topological polar surface area (TPSA) is 56.5 Å². The zero-order valence-corrected chi connectivity index (χ0v) is 11.3. The molecule has 104 valence electrons. The van der Waals surface area contributed by atoms with Crippen LogP contribution in [0.25, 0.3) is 32.7 Å². The summed E-state index contributed by atoms with van der Waals surface area (Å²) in [5.74, 6) is -1.22. The molecule has 0 saturated heterocycles. The predicted molar refractivity (Wildman–Crippen MR) is 81.0 cm³/mol. The number of para-hydroxylation sites is 1. The van der Waals surface area contributed by atoms with E-state index in [9.17, 15) is 9.59 Å². The maximum Gasteiger partial charge on any atom is 0.346 e. The maximum atomic E-state index is 12.1. The Bertz CT molecular complexity index is 1130. The largest absolute Gasteiger partial charge is 0.455 e. The van der Waals surface area contributed by atoms with E-state index in [1.807, 2.05) is 30.3 Å². The number of furan rings is 1. The molecule has 4 aromatic rings. The number of ether oxygens (including phenoxy) is 1. The van der Waals surface area contributed by atoms with Crippen molar-refractivity contribution in [2.75, 3.05) is 0 Å². The molecule has 0 aliphatic carbocycles. The first kappa shape index (κ1) is 11.5. The maximum absolute atomic E-state index is 12.1. The highest BCUT2D eigenvalue weighted by Gasteiger charge is 2.29. The van der Waals surface area contributed by atoms with Crippen LogP contribution in [0, 0.1) is 0 Å². The van der Waals surface area contributed by atoms with Gasteiger partial charge >= 0.3 is 11.9 Å². The molecule has 22 heavy (non-hydrogen) atoms. The van der Waals surface area contributed by atoms with E-state index in [1.54, 1.807) is 18.2 Å². The highest BCUT2D eigenvalue weighted by molar-refractivity contribution is 6.27. The molecule has 0 saturated carbocycles. The summed E-state index contributed by atoms with van der Waals surface area (Å²) in [7, 11) is 0. The van der Waals surface area contributed by atoms with Crippen LogP contribution in [-0.2, 0) is 4.74 Å². The van der Waals surface area contributed by atoms with Gasteiger partial charge in [-0.15, -0.1) is 0 Å². The Morgan fingerprint density at radius 2 is 1.50 bits per heavy atom. The van der Waals surface area contributed by atoms with Gasteiger partial charge in [-0.2, -0.15) is 0 Å². The first-order valence-corrected chi connectivity index (χ1v) is 6.87. The van der Waals surface area contributed by atoms with Gasteiger partial charge in [0.25, 0.3) is 0 Å². The second kappa shape index (κ2) is 3.74. The second-order valence-corrected chi connectivity index (χ2v) is 5.30. The van der Waals surface area contributed by atoms with Crippen LogP contribution in [0.1, 0.15) is 20.7 Å². The van der Waals surface area contributed by atoms with Crippen LogP contribution in [-0.4, -0.2) is 11.9 Å². The zero-order chi connectivity index (χ0) is 14.8. The van der Waals surface area contributed by atoms with Crippen molar-refractivity contribution in [1.29, 1.82) is 0 Å². The summed E-state index contributed by atoms with van der Waals surface area (Å²) in [5.41, 5.74) is 2.24. The number of carbonyl (C=O) groups is 2. The molecule has 5 rings (SSSR count). The van der Waals surface area contributed by atoms with Crippen LogP contribution in [0.5, 0.6) is 0 Å². The lowest BCUT2D eigenvalue weighted by atomic mass is 9.95. The van der Waals surface area contributed by atoms with Gasteiger partial charge in [0.15, 0.2) is 0 Å². The minimum absolute atomic E-state index is 0.398. The van der Waals surface area contributed by atoms with E-state index >= 15 is 0 Å². The van der Waals surface area contributed by atoms with Gasteiger partial charge in [0, 0.05) is 21.5 Å². The van der Waals surface area contributed by atoms with Crippen LogP contribution < -0.4 is 0 Å². The SMILES string of the molecule is O=C1OC(=O)c2cc3c4ccccc4oc3c3cccc1c23. The highest BCUT2D eigenvalue weighted by Crippen LogP contribution is 2.38. The Kier molecular flexibility index (Phi) is 1.96. The first-order chi connectivity index (χ1) is 10.7. The molecule has 0 spiro atoms. The van der Waals surface area contributed by atoms with E-state index in [0.717, 1.165) is 21.7 Å². The molecular weight excluding hydrogens is 280 g/mol. The van der Waals surface area contributed by atoms with Crippen molar-refractivity contribution < 1.29 is 18.7 Å². The Morgan fingerprint density at radius 1 is 0.727 bits per heavy atom. The zero-order valence-electron chi connectivity index (χ0n) is 11.3. The second-order valence-electron chi connectivity index (χ2n) is 5.30. The lowest BCUT2D eigenvalue weighted by molar-refractivity contribution is 0.0391. The van der Waals surface area contributed by atoms with Gasteiger partial charge in [-0.1, -0.05) is 30.3 Å². The average Bonchev–Trinajstić information content (AvgIpc) is 2.91. The molecule has 3 aromatic carbocycles. The molecule has 0 atom stereocenters. The van der Waals surface area contributed by atoms with E-state index in [-0.39, 0.29) is 0 Å². The first-order valence-electron chi connectivity index (χ1n) is 6.87. The number of hydrogen-bond donors (Lipinski definition) is 0. The van der Waals surface area contributed by atoms with Crippen molar-refractivity contribution in [3.05, 3.63) is 59.7 Å². The van der Waals surface area contributed by atoms with Crippen LogP contribution in [0.3, 0.4) is 0 Å². The van der Waals surface area contributed by atoms with Gasteiger partial charge in [-0.25, -0.2) is 9.59 Å². The molecule has 1 aliphatic rings. The number of hydrogen-bond acceptors (Lipinski definition) is 4. The molecular formula is C18H8O4. The highest BCUT2D eigenvalue weighted by atomic mass is 16.6. The minimum Gasteiger partial charge on any atom is -0.455 e. The summed E-state index contributed by atoms with van der Waals surface area (Å²) < 4.78 is 10.8. The van der Waals surface area contributed by atoms with E-state index in [0.29, 0.717) is 22.1 Å². The number of esters is 2. The molecule has 0 unspecified atom stereocenters. The van der Waals surface area contributed by atoms with Crippen molar-refractivity contribution in [3.8, 4) is 0 Å². The monoisotopic (exact) mass is 288 g/mol. The van der Waals surface area contributed by atoms with Crippen LogP contribution >= 0.6 is 0 Å². The van der Waals surface area contributed by atoms with Crippen molar-refractivity contribution in [3.63, 3.8) is 0 Å². The van der Waals surface area contributed by atoms with E-state index in [1.165, 1.54) is 0 Å². The quantitative estimate of drug-likeness (QED) is 0.362. The molecule has 2 heterocycles. The lowest BCUT2D eigenvalue weighted by Crippen LogP contribution is -2.19. The van der Waals surface area contributed by atoms with Crippen molar-refractivity contribution in [2.45, 2.75) is 0 Å². The Morgan fingerprint density at radius 3 is 2.41 bits per heavy atom. The molecule has 4 heteroatoms. The van der Waals surface area contributed by atoms with E-state index in [4.69, 9.17) is 9.15 Å². The smallest absolute Gasteiger partial charge is 0.346 e. The van der Waals surface area contributed by atoms with Crippen molar-refractivity contribution >= 4 is 44.6 Å². The van der Waals surface area contributed by atoms with Crippen LogP contribution in [0.15, 0.2) is 52.9 Å². The van der Waals surface area contributed by atoms with E-state index in [2.05, 4.69) is 0 Å². The fourth-order valence-electron chi connectivity index (χ4n) is 3.18. The lowest BCUT2D eigenvalue weighted by Gasteiger charge is -2.15. The third-order valence-electron chi connectivity index (χ3n) is 4.13. The summed E-state index contributed by atoms with van der Waals surface area (Å²) in [6, 6.07) is 14.7. The van der Waals surface area contributed by atoms with Gasteiger partial charge in [0.2, 0.25) is 0 Å². The third kappa shape index (κ3) is 1.27. The molecule has 1 aromatic heterocycles. The Balaban J connectivity index is 2.12. The molecule has 0 fully saturated rings. The summed E-state index contributed by atoms with van der Waals surface area (Å²) in [6.45, 7) is 0. The predicted octanol–water partition coefficient (Wildman–Crippen LogP) is 4.05. The van der Waals surface area contributed by atoms with Gasteiger partial charge in [0.05, 0.1) is 11.1 Å². The fourth-order valence-corrected chi connectivity index (χ4v) is 3.18. The standard InChI is InChI=1S/C18H8O4/c19-17-11-6-3-5-10-15(11)13(18(20)22-17)8-12-9-4-1-2-7-14(9)21-16(10)12/h1-8H. The number of carbonyl (C=O) groups excluding carboxylic acids is 2. The molecule has 1 aliphatic heterocycles. The van der Waals surface area contributed by atoms with E-state index < -0.39 is 11.9 Å². The number of rotatable bonds is 0. The molecule has 0 bridgehead atoms. The normalized spacial score (nSPS) is 14.0. The molecule has 0 N–H and O–H groups in total. The summed E-state index contributed by atoms with van der Waals surface area (Å²) in [5, 5.41) is 3.15. The van der Waals surface area contributed by atoms with Gasteiger partial charge < -0.3 is 9.15 Å². The molecule has 4 nitrogen and oxygen atoms in total. The van der Waals surface area contributed by atoms with Crippen LogP contribution in [0.4, 0.5) is 0 Å². The summed E-state index contributed by atoms with van der Waals surface area (Å²) in [4.78, 5) is 24.0. The Hall–Kier alpha value is -3.14. The van der Waals surface area contributed by atoms with Gasteiger partial charge in [-0.05, 0) is 18.2 Å². The molecule has 0 amide bonds. The number of benzene rings is 3. The van der Waals surface area contributed by atoms with Crippen molar-refractivity contribution in [2.24, 2.45) is 0 Å². The summed E-state index contributed by atoms with van der Waals surface area (Å²) in [6.07, 6.45) is 0. The third-order valence-corrected chi connectivity index (χ3v) is 4.13.